The molecule has 0 aromatic heterocycles. The van der Waals surface area contributed by atoms with Crippen LogP contribution in [0.3, 0.4) is 0 Å². The van der Waals surface area contributed by atoms with Gasteiger partial charge in [-0.05, 0) is 56.8 Å². The van der Waals surface area contributed by atoms with Crippen molar-refractivity contribution >= 4 is 0 Å². The SMILES string of the molecule is C[C@@H]1CC[C@H](O)[C@]2(C)CC[C@H](C(C)(C)O)[C@H](O)[C@H]12. The van der Waals surface area contributed by atoms with Gasteiger partial charge in [-0.2, -0.15) is 0 Å². The lowest BCUT2D eigenvalue weighted by Gasteiger charge is -2.57. The van der Waals surface area contributed by atoms with Gasteiger partial charge in [-0.1, -0.05) is 13.8 Å². The summed E-state index contributed by atoms with van der Waals surface area (Å²) in [6.07, 6.45) is 2.69. The molecule has 106 valence electrons. The Morgan fingerprint density at radius 3 is 2.28 bits per heavy atom. The van der Waals surface area contributed by atoms with Crippen molar-refractivity contribution in [3.05, 3.63) is 0 Å². The maximum Gasteiger partial charge on any atom is 0.0644 e. The summed E-state index contributed by atoms with van der Waals surface area (Å²) in [5.74, 6) is 0.438. The molecule has 2 fully saturated rings. The van der Waals surface area contributed by atoms with Gasteiger partial charge in [0.1, 0.15) is 0 Å². The van der Waals surface area contributed by atoms with Crippen LogP contribution in [0.5, 0.6) is 0 Å². The van der Waals surface area contributed by atoms with E-state index in [-0.39, 0.29) is 23.4 Å². The van der Waals surface area contributed by atoms with Crippen LogP contribution < -0.4 is 0 Å². The predicted octanol–water partition coefficient (Wildman–Crippen LogP) is 1.94. The van der Waals surface area contributed by atoms with Gasteiger partial charge in [0.2, 0.25) is 0 Å². The molecule has 3 N–H and O–H groups in total. The zero-order chi connectivity index (χ0) is 13.7. The topological polar surface area (TPSA) is 60.7 Å². The lowest BCUT2D eigenvalue weighted by atomic mass is 9.51. The van der Waals surface area contributed by atoms with Crippen molar-refractivity contribution in [1.82, 2.24) is 0 Å². The molecule has 0 aliphatic heterocycles. The molecule has 0 bridgehead atoms. The third-order valence-electron chi connectivity index (χ3n) is 5.71. The van der Waals surface area contributed by atoms with E-state index in [9.17, 15) is 15.3 Å². The number of aliphatic hydroxyl groups is 3. The van der Waals surface area contributed by atoms with Crippen molar-refractivity contribution in [2.45, 2.75) is 71.2 Å². The van der Waals surface area contributed by atoms with Crippen LogP contribution in [0, 0.1) is 23.2 Å². The van der Waals surface area contributed by atoms with Crippen molar-refractivity contribution < 1.29 is 15.3 Å². The first-order chi connectivity index (χ1) is 8.18. The van der Waals surface area contributed by atoms with Gasteiger partial charge in [0, 0.05) is 5.92 Å². The molecule has 0 spiro atoms. The Morgan fingerprint density at radius 2 is 1.72 bits per heavy atom. The Balaban J connectivity index is 2.29. The highest BCUT2D eigenvalue weighted by atomic mass is 16.3. The lowest BCUT2D eigenvalue weighted by Crippen LogP contribution is -2.59. The first-order valence-corrected chi connectivity index (χ1v) is 7.26. The van der Waals surface area contributed by atoms with Gasteiger partial charge in [0.05, 0.1) is 17.8 Å². The van der Waals surface area contributed by atoms with Gasteiger partial charge in [-0.3, -0.25) is 0 Å². The summed E-state index contributed by atoms with van der Waals surface area (Å²) in [5, 5.41) is 31.2. The van der Waals surface area contributed by atoms with E-state index in [0.717, 1.165) is 25.7 Å². The molecule has 3 nitrogen and oxygen atoms in total. The lowest BCUT2D eigenvalue weighted by molar-refractivity contribution is -0.184. The summed E-state index contributed by atoms with van der Waals surface area (Å²) in [6.45, 7) is 7.85. The van der Waals surface area contributed by atoms with E-state index in [1.807, 2.05) is 0 Å². The summed E-state index contributed by atoms with van der Waals surface area (Å²) in [6, 6.07) is 0. The van der Waals surface area contributed by atoms with Gasteiger partial charge in [0.25, 0.3) is 0 Å². The van der Waals surface area contributed by atoms with E-state index in [1.54, 1.807) is 13.8 Å². The van der Waals surface area contributed by atoms with Crippen LogP contribution in [-0.2, 0) is 0 Å². The van der Waals surface area contributed by atoms with E-state index >= 15 is 0 Å². The summed E-state index contributed by atoms with van der Waals surface area (Å²) in [5.41, 5.74) is -1.03. The first-order valence-electron chi connectivity index (χ1n) is 7.26. The van der Waals surface area contributed by atoms with Crippen LogP contribution in [-0.4, -0.2) is 33.1 Å². The minimum Gasteiger partial charge on any atom is -0.393 e. The van der Waals surface area contributed by atoms with Crippen molar-refractivity contribution in [2.24, 2.45) is 23.2 Å². The quantitative estimate of drug-likeness (QED) is 0.672. The molecule has 0 saturated heterocycles. The Morgan fingerprint density at radius 1 is 1.11 bits per heavy atom. The molecule has 6 atom stereocenters. The largest absolute Gasteiger partial charge is 0.393 e. The zero-order valence-electron chi connectivity index (χ0n) is 12.1. The second-order valence-corrected chi connectivity index (χ2v) is 7.39. The first kappa shape index (κ1) is 14.3. The summed E-state index contributed by atoms with van der Waals surface area (Å²) >= 11 is 0. The highest BCUT2D eigenvalue weighted by molar-refractivity contribution is 5.05. The van der Waals surface area contributed by atoms with Crippen LogP contribution in [0.2, 0.25) is 0 Å². The summed E-state index contributed by atoms with van der Waals surface area (Å²) in [4.78, 5) is 0. The molecule has 18 heavy (non-hydrogen) atoms. The molecule has 0 unspecified atom stereocenters. The minimum absolute atomic E-state index is 0.0803. The van der Waals surface area contributed by atoms with Gasteiger partial charge in [0.15, 0.2) is 0 Å². The predicted molar refractivity (Wildman–Crippen MR) is 71.0 cm³/mol. The molecule has 2 rings (SSSR count). The van der Waals surface area contributed by atoms with Crippen molar-refractivity contribution in [3.63, 3.8) is 0 Å². The Hall–Kier alpha value is -0.120. The van der Waals surface area contributed by atoms with Crippen LogP contribution in [0.15, 0.2) is 0 Å². The Kier molecular flexibility index (Phi) is 3.54. The van der Waals surface area contributed by atoms with Gasteiger partial charge < -0.3 is 15.3 Å². The molecule has 0 aromatic rings. The summed E-state index contributed by atoms with van der Waals surface area (Å²) in [7, 11) is 0. The van der Waals surface area contributed by atoms with Crippen molar-refractivity contribution in [1.29, 1.82) is 0 Å². The van der Waals surface area contributed by atoms with Crippen LogP contribution in [0.4, 0.5) is 0 Å². The molecule has 2 saturated carbocycles. The van der Waals surface area contributed by atoms with Crippen LogP contribution in [0.1, 0.15) is 53.4 Å². The molecule has 0 amide bonds. The highest BCUT2D eigenvalue weighted by Gasteiger charge is 2.55. The smallest absolute Gasteiger partial charge is 0.0644 e. The number of rotatable bonds is 1. The van der Waals surface area contributed by atoms with E-state index < -0.39 is 11.7 Å². The van der Waals surface area contributed by atoms with E-state index in [4.69, 9.17) is 0 Å². The number of hydrogen-bond donors (Lipinski definition) is 3. The highest BCUT2D eigenvalue weighted by Crippen LogP contribution is 2.55. The second-order valence-electron chi connectivity index (χ2n) is 7.39. The third-order valence-corrected chi connectivity index (χ3v) is 5.71. The second kappa shape index (κ2) is 4.46. The van der Waals surface area contributed by atoms with Gasteiger partial charge in [-0.25, -0.2) is 0 Å². The standard InChI is InChI=1S/C15H28O3/c1-9-5-6-11(16)15(4)8-7-10(14(2,3)18)13(17)12(9)15/h9-13,16-18H,5-8H2,1-4H3/t9-,10+,11+,12+,13+,15+/m1/s1. The van der Waals surface area contributed by atoms with E-state index in [2.05, 4.69) is 13.8 Å². The van der Waals surface area contributed by atoms with Gasteiger partial charge >= 0.3 is 0 Å². The molecule has 2 aliphatic rings. The molecule has 0 heterocycles. The van der Waals surface area contributed by atoms with Crippen LogP contribution in [0.25, 0.3) is 0 Å². The van der Waals surface area contributed by atoms with Crippen molar-refractivity contribution in [2.75, 3.05) is 0 Å². The van der Waals surface area contributed by atoms with E-state index in [1.165, 1.54) is 0 Å². The number of fused-ring (bicyclic) bond motifs is 1. The molecule has 3 heteroatoms. The molecule has 0 aromatic carbocycles. The average molecular weight is 256 g/mol. The molecule has 0 radical (unpaired) electrons. The minimum atomic E-state index is -0.844. The van der Waals surface area contributed by atoms with E-state index in [0.29, 0.717) is 5.92 Å². The fourth-order valence-electron chi connectivity index (χ4n) is 4.52. The molecular formula is C15H28O3. The normalized spacial score (nSPS) is 49.8. The molecule has 2 aliphatic carbocycles. The van der Waals surface area contributed by atoms with Crippen molar-refractivity contribution in [3.8, 4) is 0 Å². The monoisotopic (exact) mass is 256 g/mol. The summed E-state index contributed by atoms with van der Waals surface area (Å²) < 4.78 is 0. The fraction of sp³-hybridized carbons (Fsp3) is 1.00. The number of aliphatic hydroxyl groups excluding tert-OH is 2. The fourth-order valence-corrected chi connectivity index (χ4v) is 4.52. The maximum atomic E-state index is 10.7. The zero-order valence-corrected chi connectivity index (χ0v) is 12.1. The van der Waals surface area contributed by atoms with Gasteiger partial charge in [-0.15, -0.1) is 0 Å². The maximum absolute atomic E-state index is 10.7. The molecular weight excluding hydrogens is 228 g/mol. The average Bonchev–Trinajstić information content (AvgIpc) is 2.22. The number of hydrogen-bond acceptors (Lipinski definition) is 3. The third kappa shape index (κ3) is 2.10. The van der Waals surface area contributed by atoms with Crippen LogP contribution >= 0.6 is 0 Å². The Labute approximate surface area is 110 Å². The Bertz CT molecular complexity index is 309.